The summed E-state index contributed by atoms with van der Waals surface area (Å²) in [5.41, 5.74) is 12.8. The molecule has 0 aliphatic heterocycles. The first-order valence-corrected chi connectivity index (χ1v) is 4.68. The number of rotatable bonds is 3. The van der Waals surface area contributed by atoms with Crippen LogP contribution in [0.15, 0.2) is 18.2 Å². The van der Waals surface area contributed by atoms with Crippen LogP contribution in [0, 0.1) is 6.92 Å². The first-order valence-electron chi connectivity index (χ1n) is 4.30. The van der Waals surface area contributed by atoms with E-state index in [1.807, 2.05) is 19.1 Å². The van der Waals surface area contributed by atoms with Crippen molar-refractivity contribution < 1.29 is 4.79 Å². The van der Waals surface area contributed by atoms with Gasteiger partial charge in [0.05, 0.1) is 0 Å². The van der Waals surface area contributed by atoms with Crippen LogP contribution in [0.25, 0.3) is 0 Å². The van der Waals surface area contributed by atoms with E-state index >= 15 is 0 Å². The topological polar surface area (TPSA) is 69.1 Å². The SMILES string of the molecule is Cc1cc(Cl)ccc1[C@@H](N)CC(N)=O. The van der Waals surface area contributed by atoms with Crippen molar-refractivity contribution in [1.29, 1.82) is 0 Å². The van der Waals surface area contributed by atoms with E-state index in [1.165, 1.54) is 0 Å². The molecule has 0 unspecified atom stereocenters. The highest BCUT2D eigenvalue weighted by molar-refractivity contribution is 6.30. The normalized spacial score (nSPS) is 12.5. The van der Waals surface area contributed by atoms with Gasteiger partial charge in [0.15, 0.2) is 0 Å². The summed E-state index contributed by atoms with van der Waals surface area (Å²) in [6.45, 7) is 1.90. The number of hydrogen-bond acceptors (Lipinski definition) is 2. The molecular weight excluding hydrogens is 200 g/mol. The molecule has 1 aromatic carbocycles. The number of nitrogens with two attached hydrogens (primary N) is 2. The molecule has 0 saturated heterocycles. The summed E-state index contributed by atoms with van der Waals surface area (Å²) in [6.07, 6.45) is 0.155. The second kappa shape index (κ2) is 4.44. The maximum absolute atomic E-state index is 10.7. The molecule has 0 aromatic heterocycles. The predicted molar refractivity (Wildman–Crippen MR) is 56.9 cm³/mol. The van der Waals surface area contributed by atoms with Crippen LogP contribution in [0.4, 0.5) is 0 Å². The number of aryl methyl sites for hydroxylation is 1. The molecule has 3 nitrogen and oxygen atoms in total. The average molecular weight is 213 g/mol. The van der Waals surface area contributed by atoms with Crippen molar-refractivity contribution in [1.82, 2.24) is 0 Å². The Labute approximate surface area is 88.0 Å². The van der Waals surface area contributed by atoms with Gasteiger partial charge in [0.1, 0.15) is 0 Å². The lowest BCUT2D eigenvalue weighted by atomic mass is 9.99. The van der Waals surface area contributed by atoms with Gasteiger partial charge in [-0.05, 0) is 30.2 Å². The van der Waals surface area contributed by atoms with Crippen LogP contribution in [-0.4, -0.2) is 5.91 Å². The molecule has 1 atom stereocenters. The summed E-state index contributed by atoms with van der Waals surface area (Å²) in [5, 5.41) is 0.664. The monoisotopic (exact) mass is 212 g/mol. The molecule has 0 aliphatic rings. The molecule has 1 aromatic rings. The van der Waals surface area contributed by atoms with Gasteiger partial charge in [-0.3, -0.25) is 4.79 Å². The van der Waals surface area contributed by atoms with Gasteiger partial charge in [-0.15, -0.1) is 0 Å². The molecule has 0 fully saturated rings. The van der Waals surface area contributed by atoms with Crippen molar-refractivity contribution >= 4 is 17.5 Å². The second-order valence-corrected chi connectivity index (χ2v) is 3.71. The van der Waals surface area contributed by atoms with Crippen molar-refractivity contribution in [2.45, 2.75) is 19.4 Å². The molecule has 4 N–H and O–H groups in total. The summed E-state index contributed by atoms with van der Waals surface area (Å²) >= 11 is 5.79. The van der Waals surface area contributed by atoms with Gasteiger partial charge in [-0.1, -0.05) is 17.7 Å². The molecule has 1 amide bonds. The second-order valence-electron chi connectivity index (χ2n) is 3.28. The zero-order valence-corrected chi connectivity index (χ0v) is 8.71. The maximum Gasteiger partial charge on any atom is 0.219 e. The fraction of sp³-hybridized carbons (Fsp3) is 0.300. The third kappa shape index (κ3) is 2.72. The maximum atomic E-state index is 10.7. The molecule has 1 rings (SSSR count). The lowest BCUT2D eigenvalue weighted by Crippen LogP contribution is -2.21. The van der Waals surface area contributed by atoms with Gasteiger partial charge in [-0.25, -0.2) is 0 Å². The number of carbonyl (C=O) groups excluding carboxylic acids is 1. The van der Waals surface area contributed by atoms with E-state index in [0.29, 0.717) is 5.02 Å². The Morgan fingerprint density at radius 2 is 2.21 bits per heavy atom. The summed E-state index contributed by atoms with van der Waals surface area (Å²) in [4.78, 5) is 10.7. The smallest absolute Gasteiger partial charge is 0.219 e. The van der Waals surface area contributed by atoms with E-state index in [0.717, 1.165) is 11.1 Å². The Hall–Kier alpha value is -1.06. The fourth-order valence-electron chi connectivity index (χ4n) is 1.38. The largest absolute Gasteiger partial charge is 0.370 e. The molecule has 0 bridgehead atoms. The van der Waals surface area contributed by atoms with E-state index in [1.54, 1.807) is 6.07 Å². The van der Waals surface area contributed by atoms with Crippen LogP contribution in [-0.2, 0) is 4.79 Å². The van der Waals surface area contributed by atoms with E-state index in [-0.39, 0.29) is 12.5 Å². The molecule has 76 valence electrons. The molecule has 0 saturated carbocycles. The highest BCUT2D eigenvalue weighted by atomic mass is 35.5. The lowest BCUT2D eigenvalue weighted by Gasteiger charge is -2.12. The van der Waals surface area contributed by atoms with Crippen LogP contribution >= 0.6 is 11.6 Å². The van der Waals surface area contributed by atoms with Crippen LogP contribution < -0.4 is 11.5 Å². The number of primary amides is 1. The van der Waals surface area contributed by atoms with Crippen LogP contribution in [0.3, 0.4) is 0 Å². The Kier molecular flexibility index (Phi) is 3.49. The van der Waals surface area contributed by atoms with Crippen LogP contribution in [0.1, 0.15) is 23.6 Å². The highest BCUT2D eigenvalue weighted by Crippen LogP contribution is 2.21. The Morgan fingerprint density at radius 3 is 2.71 bits per heavy atom. The van der Waals surface area contributed by atoms with Crippen molar-refractivity contribution in [3.63, 3.8) is 0 Å². The van der Waals surface area contributed by atoms with Gasteiger partial charge in [-0.2, -0.15) is 0 Å². The van der Waals surface area contributed by atoms with Gasteiger partial charge >= 0.3 is 0 Å². The van der Waals surface area contributed by atoms with Crippen molar-refractivity contribution in [3.8, 4) is 0 Å². The fourth-order valence-corrected chi connectivity index (χ4v) is 1.61. The molecule has 0 aliphatic carbocycles. The Balaban J connectivity index is 2.90. The summed E-state index contributed by atoms with van der Waals surface area (Å²) in [6, 6.07) is 5.05. The zero-order chi connectivity index (χ0) is 10.7. The Bertz CT molecular complexity index is 352. The van der Waals surface area contributed by atoms with Crippen molar-refractivity contribution in [3.05, 3.63) is 34.3 Å². The number of carbonyl (C=O) groups is 1. The quantitative estimate of drug-likeness (QED) is 0.798. The minimum Gasteiger partial charge on any atom is -0.370 e. The molecule has 0 radical (unpaired) electrons. The molecule has 4 heteroatoms. The van der Waals surface area contributed by atoms with Gasteiger partial charge in [0.25, 0.3) is 0 Å². The van der Waals surface area contributed by atoms with Gasteiger partial charge in [0, 0.05) is 17.5 Å². The summed E-state index contributed by atoms with van der Waals surface area (Å²) < 4.78 is 0. The van der Waals surface area contributed by atoms with Crippen molar-refractivity contribution in [2.75, 3.05) is 0 Å². The van der Waals surface area contributed by atoms with Crippen LogP contribution in [0.5, 0.6) is 0 Å². The molecule has 0 spiro atoms. The van der Waals surface area contributed by atoms with E-state index < -0.39 is 5.91 Å². The zero-order valence-electron chi connectivity index (χ0n) is 7.96. The predicted octanol–water partition coefficient (Wildman–Crippen LogP) is 1.52. The first-order chi connectivity index (χ1) is 6.50. The number of halogens is 1. The van der Waals surface area contributed by atoms with Crippen LogP contribution in [0.2, 0.25) is 5.02 Å². The summed E-state index contributed by atoms with van der Waals surface area (Å²) in [7, 11) is 0. The van der Waals surface area contributed by atoms with Gasteiger partial charge < -0.3 is 11.5 Å². The first kappa shape index (κ1) is 11.0. The van der Waals surface area contributed by atoms with E-state index in [4.69, 9.17) is 23.1 Å². The molecule has 0 heterocycles. The highest BCUT2D eigenvalue weighted by Gasteiger charge is 2.11. The van der Waals surface area contributed by atoms with E-state index in [2.05, 4.69) is 0 Å². The third-order valence-electron chi connectivity index (χ3n) is 2.05. The molecule has 14 heavy (non-hydrogen) atoms. The third-order valence-corrected chi connectivity index (χ3v) is 2.29. The number of hydrogen-bond donors (Lipinski definition) is 2. The van der Waals surface area contributed by atoms with Gasteiger partial charge in [0.2, 0.25) is 5.91 Å². The van der Waals surface area contributed by atoms with E-state index in [9.17, 15) is 4.79 Å². The average Bonchev–Trinajstić information content (AvgIpc) is 2.01. The summed E-state index contributed by atoms with van der Waals surface area (Å²) in [5.74, 6) is -0.396. The minimum absolute atomic E-state index is 0.155. The Morgan fingerprint density at radius 1 is 1.57 bits per heavy atom. The minimum atomic E-state index is -0.396. The number of benzene rings is 1. The standard InChI is InChI=1S/C10H13ClN2O/c1-6-4-7(11)2-3-8(6)9(12)5-10(13)14/h2-4,9H,5,12H2,1H3,(H2,13,14)/t9-/m0/s1. The lowest BCUT2D eigenvalue weighted by molar-refractivity contribution is -0.118. The molecular formula is C10H13ClN2O. The number of amides is 1. The van der Waals surface area contributed by atoms with Crippen molar-refractivity contribution in [2.24, 2.45) is 11.5 Å².